The van der Waals surface area contributed by atoms with Crippen LogP contribution in [-0.4, -0.2) is 41.2 Å². The summed E-state index contributed by atoms with van der Waals surface area (Å²) in [5, 5.41) is 0. The lowest BCUT2D eigenvalue weighted by Gasteiger charge is -2.36. The lowest BCUT2D eigenvalue weighted by molar-refractivity contribution is -0.147. The van der Waals surface area contributed by atoms with E-state index < -0.39 is 0 Å². The van der Waals surface area contributed by atoms with Gasteiger partial charge >= 0.3 is 0 Å². The molecule has 19 heavy (non-hydrogen) atoms. The van der Waals surface area contributed by atoms with Crippen molar-refractivity contribution in [3.8, 4) is 0 Å². The fraction of sp³-hybridized carbons (Fsp3) is 0.333. The van der Waals surface area contributed by atoms with Crippen molar-refractivity contribution < 1.29 is 9.59 Å². The normalized spacial score (nSPS) is 25.1. The number of carbonyl (C=O) groups excluding carboxylic acids is 2. The Morgan fingerprint density at radius 1 is 1.21 bits per heavy atom. The highest BCUT2D eigenvalue weighted by Gasteiger charge is 2.43. The molecule has 0 saturated carbocycles. The summed E-state index contributed by atoms with van der Waals surface area (Å²) in [6.45, 7) is 0.690. The van der Waals surface area contributed by atoms with Crippen molar-refractivity contribution in [2.45, 2.75) is 18.9 Å². The van der Waals surface area contributed by atoms with Crippen LogP contribution < -0.4 is 0 Å². The molecule has 1 atom stereocenters. The minimum atomic E-state index is -0.245. The first-order chi connectivity index (χ1) is 9.18. The number of benzene rings is 1. The Hall–Kier alpha value is -2.10. The van der Waals surface area contributed by atoms with Gasteiger partial charge in [-0.25, -0.2) is 0 Å². The first-order valence-corrected chi connectivity index (χ1v) is 6.54. The molecule has 0 N–H and O–H groups in total. The highest BCUT2D eigenvalue weighted by molar-refractivity contribution is 6.07. The number of piperazine rings is 1. The van der Waals surface area contributed by atoms with Crippen molar-refractivity contribution in [3.05, 3.63) is 41.6 Å². The van der Waals surface area contributed by atoms with Crippen molar-refractivity contribution in [3.63, 3.8) is 0 Å². The topological polar surface area (TPSA) is 40.6 Å². The lowest BCUT2D eigenvalue weighted by Crippen LogP contribution is -2.54. The van der Waals surface area contributed by atoms with Crippen LogP contribution in [0.3, 0.4) is 0 Å². The highest BCUT2D eigenvalue weighted by Crippen LogP contribution is 2.28. The van der Waals surface area contributed by atoms with Crippen LogP contribution in [0.4, 0.5) is 0 Å². The third kappa shape index (κ3) is 1.93. The van der Waals surface area contributed by atoms with E-state index in [4.69, 9.17) is 0 Å². The number of likely N-dealkylation sites (N-methyl/N-ethyl adjacent to an activating group) is 1. The first kappa shape index (κ1) is 12.0. The molecule has 0 bridgehead atoms. The van der Waals surface area contributed by atoms with Gasteiger partial charge in [0.15, 0.2) is 0 Å². The Bertz CT molecular complexity index is 551. The van der Waals surface area contributed by atoms with E-state index in [1.165, 1.54) is 4.90 Å². The van der Waals surface area contributed by atoms with Crippen LogP contribution in [0.5, 0.6) is 0 Å². The maximum atomic E-state index is 12.4. The molecule has 0 spiro atoms. The van der Waals surface area contributed by atoms with Gasteiger partial charge in [-0.2, -0.15) is 0 Å². The highest BCUT2D eigenvalue weighted by atomic mass is 16.2. The fourth-order valence-corrected chi connectivity index (χ4v) is 2.77. The number of hydrogen-bond donors (Lipinski definition) is 0. The SMILES string of the molecule is CN1C(=O)[C@@H]2CCCN2C(=O)/C1=C/c1ccccc1. The second kappa shape index (κ2) is 4.53. The van der Waals surface area contributed by atoms with Gasteiger partial charge in [-0.15, -0.1) is 0 Å². The van der Waals surface area contributed by atoms with Crippen molar-refractivity contribution >= 4 is 17.9 Å². The van der Waals surface area contributed by atoms with Crippen LogP contribution in [0, 0.1) is 0 Å². The second-order valence-corrected chi connectivity index (χ2v) is 4.99. The number of rotatable bonds is 1. The summed E-state index contributed by atoms with van der Waals surface area (Å²) in [6, 6.07) is 9.37. The van der Waals surface area contributed by atoms with Gasteiger partial charge in [0.05, 0.1) is 0 Å². The molecular weight excluding hydrogens is 240 g/mol. The third-order valence-electron chi connectivity index (χ3n) is 3.81. The molecule has 98 valence electrons. The van der Waals surface area contributed by atoms with Gasteiger partial charge < -0.3 is 9.80 Å². The summed E-state index contributed by atoms with van der Waals surface area (Å²) in [6.07, 6.45) is 3.48. The molecular formula is C15H16N2O2. The smallest absolute Gasteiger partial charge is 0.271 e. The zero-order valence-electron chi connectivity index (χ0n) is 10.9. The predicted molar refractivity (Wildman–Crippen MR) is 71.9 cm³/mol. The molecule has 1 aromatic rings. The third-order valence-corrected chi connectivity index (χ3v) is 3.81. The van der Waals surface area contributed by atoms with Crippen LogP contribution in [-0.2, 0) is 9.59 Å². The van der Waals surface area contributed by atoms with Crippen LogP contribution in [0.2, 0.25) is 0 Å². The predicted octanol–water partition coefficient (Wildman–Crippen LogP) is 1.49. The summed E-state index contributed by atoms with van der Waals surface area (Å²) in [7, 11) is 1.69. The molecule has 0 unspecified atom stereocenters. The van der Waals surface area contributed by atoms with Gasteiger partial charge in [0.25, 0.3) is 5.91 Å². The van der Waals surface area contributed by atoms with Crippen molar-refractivity contribution in [2.24, 2.45) is 0 Å². The zero-order chi connectivity index (χ0) is 13.4. The number of nitrogens with zero attached hydrogens (tertiary/aromatic N) is 2. The van der Waals surface area contributed by atoms with E-state index in [0.717, 1.165) is 18.4 Å². The molecule has 2 amide bonds. The van der Waals surface area contributed by atoms with Crippen molar-refractivity contribution in [1.29, 1.82) is 0 Å². The Morgan fingerprint density at radius 2 is 1.95 bits per heavy atom. The molecule has 2 aliphatic heterocycles. The summed E-state index contributed by atoms with van der Waals surface area (Å²) in [5.74, 6) is -0.00673. The van der Waals surface area contributed by atoms with Crippen molar-refractivity contribution in [2.75, 3.05) is 13.6 Å². The van der Waals surface area contributed by atoms with Gasteiger partial charge in [0.2, 0.25) is 5.91 Å². The molecule has 3 rings (SSSR count). The zero-order valence-corrected chi connectivity index (χ0v) is 10.9. The lowest BCUT2D eigenvalue weighted by atomic mass is 10.1. The average Bonchev–Trinajstić information content (AvgIpc) is 2.92. The Kier molecular flexibility index (Phi) is 2.85. The molecule has 2 heterocycles. The molecule has 4 nitrogen and oxygen atoms in total. The molecule has 2 aliphatic rings. The average molecular weight is 256 g/mol. The molecule has 1 aromatic carbocycles. The maximum absolute atomic E-state index is 12.4. The van der Waals surface area contributed by atoms with E-state index in [2.05, 4.69) is 0 Å². The van der Waals surface area contributed by atoms with Gasteiger partial charge in [0, 0.05) is 13.6 Å². The van der Waals surface area contributed by atoms with Crippen LogP contribution in [0.1, 0.15) is 18.4 Å². The largest absolute Gasteiger partial charge is 0.325 e. The summed E-state index contributed by atoms with van der Waals surface area (Å²) in [4.78, 5) is 27.9. The summed E-state index contributed by atoms with van der Waals surface area (Å²) >= 11 is 0. The molecule has 4 heteroatoms. The quantitative estimate of drug-likeness (QED) is 0.714. The van der Waals surface area contributed by atoms with Gasteiger partial charge in [0.1, 0.15) is 11.7 Å². The maximum Gasteiger partial charge on any atom is 0.271 e. The Balaban J connectivity index is 1.99. The van der Waals surface area contributed by atoms with Crippen LogP contribution in [0.25, 0.3) is 6.08 Å². The first-order valence-electron chi connectivity index (χ1n) is 6.54. The standard InChI is InChI=1S/C15H16N2O2/c1-16-13(10-11-6-3-2-4-7-11)15(19)17-9-5-8-12(17)14(16)18/h2-4,6-7,10,12H,5,8-9H2,1H3/b13-10-/t12-/m0/s1. The minimum Gasteiger partial charge on any atom is -0.325 e. The van der Waals surface area contributed by atoms with Gasteiger partial charge in [-0.3, -0.25) is 9.59 Å². The number of hydrogen-bond acceptors (Lipinski definition) is 2. The molecule has 0 aromatic heterocycles. The second-order valence-electron chi connectivity index (χ2n) is 4.99. The van der Waals surface area contributed by atoms with E-state index in [0.29, 0.717) is 12.2 Å². The molecule has 2 saturated heterocycles. The van der Waals surface area contributed by atoms with Gasteiger partial charge in [-0.1, -0.05) is 30.3 Å². The Labute approximate surface area is 112 Å². The number of carbonyl (C=O) groups is 2. The van der Waals surface area contributed by atoms with Crippen LogP contribution in [0.15, 0.2) is 36.0 Å². The van der Waals surface area contributed by atoms with Gasteiger partial charge in [-0.05, 0) is 24.5 Å². The molecule has 0 radical (unpaired) electrons. The van der Waals surface area contributed by atoms with Crippen LogP contribution >= 0.6 is 0 Å². The summed E-state index contributed by atoms with van der Waals surface area (Å²) in [5.41, 5.74) is 1.40. The molecule has 2 fully saturated rings. The summed E-state index contributed by atoms with van der Waals surface area (Å²) < 4.78 is 0. The molecule has 0 aliphatic carbocycles. The number of fused-ring (bicyclic) bond motifs is 1. The Morgan fingerprint density at radius 3 is 2.68 bits per heavy atom. The van der Waals surface area contributed by atoms with E-state index in [9.17, 15) is 9.59 Å². The monoisotopic (exact) mass is 256 g/mol. The van der Waals surface area contributed by atoms with E-state index in [-0.39, 0.29) is 17.9 Å². The fourth-order valence-electron chi connectivity index (χ4n) is 2.77. The van der Waals surface area contributed by atoms with Crippen molar-refractivity contribution in [1.82, 2.24) is 9.80 Å². The number of amides is 2. The van der Waals surface area contributed by atoms with E-state index in [1.54, 1.807) is 18.0 Å². The van der Waals surface area contributed by atoms with E-state index >= 15 is 0 Å². The minimum absolute atomic E-state index is 0.0271. The van der Waals surface area contributed by atoms with E-state index in [1.807, 2.05) is 30.3 Å².